The SMILES string of the molecule is COC[C@H](CCC(=O)O)N1CCN(C(=O)O)[C@@H](C)C1=O. The zero-order valence-electron chi connectivity index (χ0n) is 11.6. The number of amides is 2. The molecule has 2 atom stereocenters. The molecule has 114 valence electrons. The van der Waals surface area contributed by atoms with E-state index in [1.807, 2.05) is 0 Å². The molecule has 8 heteroatoms. The van der Waals surface area contributed by atoms with E-state index >= 15 is 0 Å². The van der Waals surface area contributed by atoms with E-state index in [-0.39, 0.29) is 44.5 Å². The zero-order valence-corrected chi connectivity index (χ0v) is 11.6. The minimum absolute atomic E-state index is 0.0607. The van der Waals surface area contributed by atoms with Gasteiger partial charge in [0.25, 0.3) is 0 Å². The van der Waals surface area contributed by atoms with E-state index in [2.05, 4.69) is 0 Å². The second kappa shape index (κ2) is 7.09. The van der Waals surface area contributed by atoms with Gasteiger partial charge in [0.15, 0.2) is 0 Å². The molecule has 1 aliphatic heterocycles. The van der Waals surface area contributed by atoms with E-state index in [4.69, 9.17) is 14.9 Å². The highest BCUT2D eigenvalue weighted by molar-refractivity contribution is 5.86. The molecule has 0 spiro atoms. The number of hydrogen-bond acceptors (Lipinski definition) is 4. The number of methoxy groups -OCH3 is 1. The molecule has 1 aliphatic rings. The molecule has 20 heavy (non-hydrogen) atoms. The topological polar surface area (TPSA) is 107 Å². The van der Waals surface area contributed by atoms with Gasteiger partial charge in [-0.3, -0.25) is 14.5 Å². The highest BCUT2D eigenvalue weighted by Crippen LogP contribution is 2.17. The summed E-state index contributed by atoms with van der Waals surface area (Å²) in [6.07, 6.45) is -0.900. The fourth-order valence-corrected chi connectivity index (χ4v) is 2.33. The maximum atomic E-state index is 12.2. The quantitative estimate of drug-likeness (QED) is 0.716. The first-order valence-corrected chi connectivity index (χ1v) is 6.39. The van der Waals surface area contributed by atoms with Crippen molar-refractivity contribution in [3.8, 4) is 0 Å². The number of ether oxygens (including phenoxy) is 1. The smallest absolute Gasteiger partial charge is 0.408 e. The average Bonchev–Trinajstić information content (AvgIpc) is 2.37. The van der Waals surface area contributed by atoms with Gasteiger partial charge >= 0.3 is 12.1 Å². The molecular weight excluding hydrogens is 268 g/mol. The maximum Gasteiger partial charge on any atom is 0.408 e. The van der Waals surface area contributed by atoms with E-state index in [0.717, 1.165) is 4.90 Å². The van der Waals surface area contributed by atoms with Crippen molar-refractivity contribution >= 4 is 18.0 Å². The molecule has 1 rings (SSSR count). The molecule has 1 heterocycles. The van der Waals surface area contributed by atoms with Gasteiger partial charge in [-0.25, -0.2) is 4.79 Å². The van der Waals surface area contributed by atoms with Gasteiger partial charge in [-0.05, 0) is 13.3 Å². The van der Waals surface area contributed by atoms with Gasteiger partial charge in [0.1, 0.15) is 6.04 Å². The van der Waals surface area contributed by atoms with Crippen LogP contribution in [0.2, 0.25) is 0 Å². The molecule has 0 unspecified atom stereocenters. The molecule has 0 aromatic carbocycles. The Morgan fingerprint density at radius 1 is 1.40 bits per heavy atom. The van der Waals surface area contributed by atoms with Crippen molar-refractivity contribution in [2.75, 3.05) is 26.8 Å². The summed E-state index contributed by atoms with van der Waals surface area (Å²) in [7, 11) is 1.48. The van der Waals surface area contributed by atoms with Gasteiger partial charge < -0.3 is 19.8 Å². The lowest BCUT2D eigenvalue weighted by Crippen LogP contribution is -2.60. The van der Waals surface area contributed by atoms with Crippen LogP contribution in [0.15, 0.2) is 0 Å². The standard InChI is InChI=1S/C12H20N2O6/c1-8-11(17)14(6-5-13(8)12(18)19)9(7-20-2)3-4-10(15)16/h8-9H,3-7H2,1-2H3,(H,15,16)(H,18,19)/t8-,9-/m0/s1. The van der Waals surface area contributed by atoms with Crippen LogP contribution < -0.4 is 0 Å². The molecule has 2 amide bonds. The Morgan fingerprint density at radius 3 is 2.55 bits per heavy atom. The van der Waals surface area contributed by atoms with Crippen molar-refractivity contribution in [1.29, 1.82) is 0 Å². The van der Waals surface area contributed by atoms with Gasteiger partial charge in [-0.2, -0.15) is 0 Å². The van der Waals surface area contributed by atoms with Crippen LogP contribution in [0.4, 0.5) is 4.79 Å². The van der Waals surface area contributed by atoms with Crippen molar-refractivity contribution in [1.82, 2.24) is 9.80 Å². The lowest BCUT2D eigenvalue weighted by molar-refractivity contribution is -0.145. The van der Waals surface area contributed by atoms with Crippen LogP contribution in [0.3, 0.4) is 0 Å². The highest BCUT2D eigenvalue weighted by atomic mass is 16.5. The van der Waals surface area contributed by atoms with Gasteiger partial charge in [0.05, 0.1) is 12.6 Å². The highest BCUT2D eigenvalue weighted by Gasteiger charge is 2.37. The van der Waals surface area contributed by atoms with Crippen LogP contribution in [0, 0.1) is 0 Å². The molecule has 1 saturated heterocycles. The molecule has 8 nitrogen and oxygen atoms in total. The lowest BCUT2D eigenvalue weighted by Gasteiger charge is -2.41. The van der Waals surface area contributed by atoms with Crippen LogP contribution in [0.5, 0.6) is 0 Å². The molecule has 0 aromatic rings. The van der Waals surface area contributed by atoms with Gasteiger partial charge in [-0.15, -0.1) is 0 Å². The third-order valence-corrected chi connectivity index (χ3v) is 3.43. The fraction of sp³-hybridized carbons (Fsp3) is 0.750. The van der Waals surface area contributed by atoms with E-state index in [0.29, 0.717) is 0 Å². The molecular formula is C12H20N2O6. The molecule has 2 N–H and O–H groups in total. The van der Waals surface area contributed by atoms with Crippen molar-refractivity contribution < 1.29 is 29.3 Å². The van der Waals surface area contributed by atoms with E-state index in [1.54, 1.807) is 0 Å². The van der Waals surface area contributed by atoms with Gasteiger partial charge in [-0.1, -0.05) is 0 Å². The summed E-state index contributed by atoms with van der Waals surface area (Å²) in [5, 5.41) is 17.7. The zero-order chi connectivity index (χ0) is 15.3. The van der Waals surface area contributed by atoms with Crippen molar-refractivity contribution in [2.45, 2.75) is 31.8 Å². The Morgan fingerprint density at radius 2 is 2.05 bits per heavy atom. The fourth-order valence-electron chi connectivity index (χ4n) is 2.33. The van der Waals surface area contributed by atoms with Crippen molar-refractivity contribution in [3.05, 3.63) is 0 Å². The molecule has 0 aliphatic carbocycles. The number of rotatable bonds is 6. The minimum Gasteiger partial charge on any atom is -0.481 e. The summed E-state index contributed by atoms with van der Waals surface area (Å²) in [5.41, 5.74) is 0. The summed E-state index contributed by atoms with van der Waals surface area (Å²) < 4.78 is 5.03. The van der Waals surface area contributed by atoms with Crippen LogP contribution in [-0.2, 0) is 14.3 Å². The summed E-state index contributed by atoms with van der Waals surface area (Å²) in [6.45, 7) is 2.24. The Hall–Kier alpha value is -1.83. The van der Waals surface area contributed by atoms with Crippen molar-refractivity contribution in [2.24, 2.45) is 0 Å². The Kier molecular flexibility index (Phi) is 5.75. The molecule has 0 bridgehead atoms. The largest absolute Gasteiger partial charge is 0.481 e. The number of hydrogen-bond donors (Lipinski definition) is 2. The van der Waals surface area contributed by atoms with Crippen LogP contribution in [0.25, 0.3) is 0 Å². The van der Waals surface area contributed by atoms with Gasteiger partial charge in [0, 0.05) is 26.6 Å². The normalized spacial score (nSPS) is 20.9. The van der Waals surface area contributed by atoms with Crippen LogP contribution >= 0.6 is 0 Å². The predicted molar refractivity (Wildman–Crippen MR) is 68.4 cm³/mol. The monoisotopic (exact) mass is 288 g/mol. The summed E-state index contributed by atoms with van der Waals surface area (Å²) in [5.74, 6) is -1.25. The van der Waals surface area contributed by atoms with Crippen LogP contribution in [-0.4, -0.2) is 76.9 Å². The Labute approximate surface area is 116 Å². The Balaban J connectivity index is 2.74. The number of carboxylic acids is 1. The molecule has 0 aromatic heterocycles. The van der Waals surface area contributed by atoms with E-state index in [1.165, 1.54) is 18.9 Å². The predicted octanol–water partition coefficient (Wildman–Crippen LogP) is 0.0769. The minimum atomic E-state index is -1.13. The third-order valence-electron chi connectivity index (χ3n) is 3.43. The first kappa shape index (κ1) is 16.2. The summed E-state index contributed by atoms with van der Waals surface area (Å²) in [6, 6.07) is -1.10. The van der Waals surface area contributed by atoms with E-state index < -0.39 is 18.1 Å². The van der Waals surface area contributed by atoms with Gasteiger partial charge in [0.2, 0.25) is 5.91 Å². The lowest BCUT2D eigenvalue weighted by atomic mass is 10.1. The number of aliphatic carboxylic acids is 1. The first-order valence-electron chi connectivity index (χ1n) is 6.39. The second-order valence-electron chi connectivity index (χ2n) is 4.73. The number of carboxylic acid groups (broad SMARTS) is 2. The van der Waals surface area contributed by atoms with E-state index in [9.17, 15) is 14.4 Å². The molecule has 0 saturated carbocycles. The molecule has 1 fully saturated rings. The number of carbonyl (C=O) groups is 3. The summed E-state index contributed by atoms with van der Waals surface area (Å²) >= 11 is 0. The number of carbonyl (C=O) groups excluding carboxylic acids is 1. The average molecular weight is 288 g/mol. The summed E-state index contributed by atoms with van der Waals surface area (Å²) in [4.78, 5) is 36.5. The third kappa shape index (κ3) is 3.83. The van der Waals surface area contributed by atoms with Crippen LogP contribution in [0.1, 0.15) is 19.8 Å². The molecule has 0 radical (unpaired) electrons. The number of piperazine rings is 1. The number of nitrogens with zero attached hydrogens (tertiary/aromatic N) is 2. The first-order chi connectivity index (χ1) is 9.38. The second-order valence-corrected chi connectivity index (χ2v) is 4.73. The van der Waals surface area contributed by atoms with Crippen molar-refractivity contribution in [3.63, 3.8) is 0 Å². The Bertz CT molecular complexity index is 386. The maximum absolute atomic E-state index is 12.2.